The number of ether oxygens (including phenoxy) is 1. The molecule has 1 amide bonds. The van der Waals surface area contributed by atoms with Gasteiger partial charge in [0.05, 0.1) is 13.2 Å². The van der Waals surface area contributed by atoms with E-state index in [0.717, 1.165) is 43.4 Å². The normalized spacial score (nSPS) is 15.4. The molecule has 0 aliphatic carbocycles. The van der Waals surface area contributed by atoms with Gasteiger partial charge in [-0.15, -0.1) is 0 Å². The molecule has 3 rings (SSSR count). The van der Waals surface area contributed by atoms with Crippen LogP contribution in [0.2, 0.25) is 0 Å². The van der Waals surface area contributed by atoms with Crippen LogP contribution in [0.3, 0.4) is 0 Å². The van der Waals surface area contributed by atoms with Gasteiger partial charge in [0.1, 0.15) is 6.04 Å². The van der Waals surface area contributed by atoms with E-state index in [1.54, 1.807) is 0 Å². The largest absolute Gasteiger partial charge is 0.378 e. The van der Waals surface area contributed by atoms with Crippen LogP contribution in [-0.4, -0.2) is 38.3 Å². The van der Waals surface area contributed by atoms with Gasteiger partial charge in [-0.25, -0.2) is 0 Å². The quantitative estimate of drug-likeness (QED) is 0.863. The molecule has 2 aromatic rings. The number of carbonyl (C=O) groups is 1. The van der Waals surface area contributed by atoms with Crippen LogP contribution in [0.5, 0.6) is 0 Å². The van der Waals surface area contributed by atoms with Gasteiger partial charge in [0.2, 0.25) is 5.91 Å². The number of hydrogen-bond acceptors (Lipinski definition) is 4. The van der Waals surface area contributed by atoms with Crippen molar-refractivity contribution in [2.24, 2.45) is 0 Å². The smallest absolute Gasteiger partial charge is 0.246 e. The van der Waals surface area contributed by atoms with E-state index in [-0.39, 0.29) is 11.9 Å². The molecule has 0 bridgehead atoms. The number of rotatable bonds is 5. The average molecular weight is 353 g/mol. The first kappa shape index (κ1) is 18.3. The maximum absolute atomic E-state index is 12.5. The predicted octanol–water partition coefficient (Wildman–Crippen LogP) is 3.58. The summed E-state index contributed by atoms with van der Waals surface area (Å²) in [5, 5.41) is 6.25. The Balaban J connectivity index is 1.58. The van der Waals surface area contributed by atoms with Crippen molar-refractivity contribution < 1.29 is 9.53 Å². The Kier molecular flexibility index (Phi) is 5.78. The minimum Gasteiger partial charge on any atom is -0.378 e. The monoisotopic (exact) mass is 353 g/mol. The third kappa shape index (κ3) is 4.76. The number of nitrogens with one attached hydrogen (secondary N) is 2. The molecule has 0 saturated carbocycles. The Morgan fingerprint density at radius 1 is 1.00 bits per heavy atom. The van der Waals surface area contributed by atoms with E-state index < -0.39 is 0 Å². The summed E-state index contributed by atoms with van der Waals surface area (Å²) in [5.41, 5.74) is 5.29. The molecule has 0 aromatic heterocycles. The van der Waals surface area contributed by atoms with E-state index >= 15 is 0 Å². The molecule has 2 aromatic carbocycles. The number of amides is 1. The molecular formula is C21H27N3O2. The third-order valence-electron chi connectivity index (χ3n) is 4.51. The molecule has 26 heavy (non-hydrogen) atoms. The molecule has 1 fully saturated rings. The zero-order valence-electron chi connectivity index (χ0n) is 15.7. The van der Waals surface area contributed by atoms with E-state index in [9.17, 15) is 4.79 Å². The summed E-state index contributed by atoms with van der Waals surface area (Å²) in [6.45, 7) is 9.32. The van der Waals surface area contributed by atoms with Gasteiger partial charge in [0.25, 0.3) is 0 Å². The third-order valence-corrected chi connectivity index (χ3v) is 4.51. The second-order valence-corrected chi connectivity index (χ2v) is 6.88. The highest BCUT2D eigenvalue weighted by Gasteiger charge is 2.14. The fourth-order valence-electron chi connectivity index (χ4n) is 3.20. The lowest BCUT2D eigenvalue weighted by atomic mass is 10.1. The molecule has 0 unspecified atom stereocenters. The number of aryl methyl sites for hydroxylation is 2. The standard InChI is InChI=1S/C21H27N3O2/c1-15-12-16(2)14-19(13-15)22-17(3)21(25)23-18-4-6-20(7-5-18)24-8-10-26-11-9-24/h4-7,12-14,17,22H,8-11H2,1-3H3,(H,23,25)/t17-/m1/s1. The summed E-state index contributed by atoms with van der Waals surface area (Å²) in [5.74, 6) is -0.0525. The maximum atomic E-state index is 12.5. The lowest BCUT2D eigenvalue weighted by Crippen LogP contribution is -2.36. The highest BCUT2D eigenvalue weighted by atomic mass is 16.5. The number of hydrogen-bond donors (Lipinski definition) is 2. The summed E-state index contributed by atoms with van der Waals surface area (Å²) in [4.78, 5) is 14.8. The summed E-state index contributed by atoms with van der Waals surface area (Å²) in [6.07, 6.45) is 0. The van der Waals surface area contributed by atoms with Crippen LogP contribution in [0, 0.1) is 13.8 Å². The predicted molar refractivity (Wildman–Crippen MR) is 107 cm³/mol. The fraction of sp³-hybridized carbons (Fsp3) is 0.381. The van der Waals surface area contributed by atoms with Gasteiger partial charge in [-0.1, -0.05) is 6.07 Å². The van der Waals surface area contributed by atoms with E-state index in [4.69, 9.17) is 4.74 Å². The minimum atomic E-state index is -0.324. The topological polar surface area (TPSA) is 53.6 Å². The number of nitrogens with zero attached hydrogens (tertiary/aromatic N) is 1. The molecule has 5 heteroatoms. The first-order valence-electron chi connectivity index (χ1n) is 9.10. The Hall–Kier alpha value is -2.53. The molecular weight excluding hydrogens is 326 g/mol. The van der Waals surface area contributed by atoms with Crippen LogP contribution in [0.4, 0.5) is 17.1 Å². The fourth-order valence-corrected chi connectivity index (χ4v) is 3.20. The molecule has 1 aliphatic heterocycles. The molecule has 138 valence electrons. The first-order valence-corrected chi connectivity index (χ1v) is 9.10. The lowest BCUT2D eigenvalue weighted by molar-refractivity contribution is -0.116. The van der Waals surface area contributed by atoms with Crippen molar-refractivity contribution in [1.82, 2.24) is 0 Å². The van der Waals surface area contributed by atoms with Crippen molar-refractivity contribution in [3.8, 4) is 0 Å². The van der Waals surface area contributed by atoms with Crippen molar-refractivity contribution in [2.45, 2.75) is 26.8 Å². The highest BCUT2D eigenvalue weighted by Crippen LogP contribution is 2.20. The Morgan fingerprint density at radius 2 is 1.62 bits per heavy atom. The zero-order valence-corrected chi connectivity index (χ0v) is 15.7. The van der Waals surface area contributed by atoms with Crippen molar-refractivity contribution in [1.29, 1.82) is 0 Å². The number of morpholine rings is 1. The van der Waals surface area contributed by atoms with E-state index in [1.807, 2.05) is 43.3 Å². The molecule has 5 nitrogen and oxygen atoms in total. The van der Waals surface area contributed by atoms with Crippen molar-refractivity contribution in [3.63, 3.8) is 0 Å². The maximum Gasteiger partial charge on any atom is 0.246 e. The second-order valence-electron chi connectivity index (χ2n) is 6.88. The van der Waals surface area contributed by atoms with Gasteiger partial charge < -0.3 is 20.3 Å². The molecule has 1 saturated heterocycles. The second kappa shape index (κ2) is 8.23. The Bertz CT molecular complexity index is 732. The van der Waals surface area contributed by atoms with E-state index in [0.29, 0.717) is 0 Å². The van der Waals surface area contributed by atoms with Crippen molar-refractivity contribution in [2.75, 3.05) is 41.8 Å². The van der Waals surface area contributed by atoms with Gasteiger partial charge in [-0.05, 0) is 68.3 Å². The first-order chi connectivity index (χ1) is 12.5. The molecule has 1 atom stereocenters. The zero-order chi connectivity index (χ0) is 18.5. The van der Waals surface area contributed by atoms with Crippen LogP contribution >= 0.6 is 0 Å². The van der Waals surface area contributed by atoms with Crippen LogP contribution < -0.4 is 15.5 Å². The number of anilines is 3. The van der Waals surface area contributed by atoms with Crippen LogP contribution in [-0.2, 0) is 9.53 Å². The van der Waals surface area contributed by atoms with Gasteiger partial charge >= 0.3 is 0 Å². The minimum absolute atomic E-state index is 0.0525. The van der Waals surface area contributed by atoms with Gasteiger partial charge in [0.15, 0.2) is 0 Å². The molecule has 2 N–H and O–H groups in total. The van der Waals surface area contributed by atoms with Crippen LogP contribution in [0.25, 0.3) is 0 Å². The SMILES string of the molecule is Cc1cc(C)cc(N[C@H](C)C(=O)Nc2ccc(N3CCOCC3)cc2)c1. The van der Waals surface area contributed by atoms with Crippen molar-refractivity contribution in [3.05, 3.63) is 53.6 Å². The Morgan fingerprint density at radius 3 is 2.23 bits per heavy atom. The summed E-state index contributed by atoms with van der Waals surface area (Å²) >= 11 is 0. The number of benzene rings is 2. The van der Waals surface area contributed by atoms with Gasteiger partial charge in [-0.2, -0.15) is 0 Å². The highest BCUT2D eigenvalue weighted by molar-refractivity contribution is 5.96. The molecule has 1 heterocycles. The van der Waals surface area contributed by atoms with Gasteiger partial charge in [-0.3, -0.25) is 4.79 Å². The lowest BCUT2D eigenvalue weighted by Gasteiger charge is -2.29. The molecule has 1 aliphatic rings. The summed E-state index contributed by atoms with van der Waals surface area (Å²) in [6, 6.07) is 13.9. The van der Waals surface area contributed by atoms with E-state index in [1.165, 1.54) is 11.1 Å². The molecule has 0 radical (unpaired) electrons. The van der Waals surface area contributed by atoms with Crippen molar-refractivity contribution >= 4 is 23.0 Å². The van der Waals surface area contributed by atoms with Crippen LogP contribution in [0.15, 0.2) is 42.5 Å². The summed E-state index contributed by atoms with van der Waals surface area (Å²) < 4.78 is 5.38. The van der Waals surface area contributed by atoms with Gasteiger partial charge in [0, 0.05) is 30.2 Å². The summed E-state index contributed by atoms with van der Waals surface area (Å²) in [7, 11) is 0. The number of carbonyl (C=O) groups excluding carboxylic acids is 1. The average Bonchev–Trinajstić information content (AvgIpc) is 2.62. The van der Waals surface area contributed by atoms with E-state index in [2.05, 4.69) is 35.4 Å². The van der Waals surface area contributed by atoms with Crippen LogP contribution in [0.1, 0.15) is 18.1 Å². The Labute approximate surface area is 155 Å². The molecule has 0 spiro atoms.